The van der Waals surface area contributed by atoms with E-state index in [1.165, 1.54) is 0 Å². The molecule has 0 aromatic rings. The van der Waals surface area contributed by atoms with E-state index in [1.54, 1.807) is 11.8 Å². The van der Waals surface area contributed by atoms with Crippen LogP contribution in [0.3, 0.4) is 0 Å². The summed E-state index contributed by atoms with van der Waals surface area (Å²) >= 11 is 1.70. The second-order valence-electron chi connectivity index (χ2n) is 3.73. The second kappa shape index (κ2) is 5.85. The van der Waals surface area contributed by atoms with E-state index >= 15 is 0 Å². The van der Waals surface area contributed by atoms with Gasteiger partial charge in [-0.15, -0.1) is 0 Å². The fourth-order valence-corrected chi connectivity index (χ4v) is 3.24. The molecule has 0 saturated carbocycles. The zero-order valence-corrected chi connectivity index (χ0v) is 10.5. The Balaban J connectivity index is 2.50. The minimum atomic E-state index is -3.47. The van der Waals surface area contributed by atoms with Gasteiger partial charge in [0.05, 0.1) is 12.2 Å². The van der Waals surface area contributed by atoms with Crippen molar-refractivity contribution >= 4 is 27.8 Å². The van der Waals surface area contributed by atoms with Gasteiger partial charge in [0.2, 0.25) is 10.0 Å². The Kier molecular flexibility index (Phi) is 5.03. The molecule has 0 aromatic heterocycles. The molecule has 1 aliphatic rings. The van der Waals surface area contributed by atoms with Gasteiger partial charge in [0, 0.05) is 30.6 Å². The number of carbonyl (C=O) groups is 1. The first kappa shape index (κ1) is 13.8. The van der Waals surface area contributed by atoms with Crippen LogP contribution in [-0.4, -0.2) is 60.8 Å². The third-order valence-electron chi connectivity index (χ3n) is 2.42. The summed E-state index contributed by atoms with van der Waals surface area (Å²) in [5.74, 6) is 0.666. The standard InChI is InChI=1S/C8H16N2O4S2/c9-16(13,14)4-2-10-1-3-15-6-7(10)5-8(11)12/h7H,1-6H2,(H,11,12)(H2,9,13,14). The lowest BCUT2D eigenvalue weighted by Crippen LogP contribution is -2.46. The number of nitrogens with zero attached hydrogens (tertiary/aromatic N) is 1. The van der Waals surface area contributed by atoms with Crippen LogP contribution in [0.2, 0.25) is 0 Å². The van der Waals surface area contributed by atoms with Crippen molar-refractivity contribution in [3.8, 4) is 0 Å². The lowest BCUT2D eigenvalue weighted by atomic mass is 10.2. The molecule has 0 aliphatic carbocycles. The lowest BCUT2D eigenvalue weighted by Gasteiger charge is -2.34. The fraction of sp³-hybridized carbons (Fsp3) is 0.875. The molecular weight excluding hydrogens is 252 g/mol. The molecule has 1 aliphatic heterocycles. The van der Waals surface area contributed by atoms with Crippen LogP contribution in [0.4, 0.5) is 0 Å². The summed E-state index contributed by atoms with van der Waals surface area (Å²) in [6.07, 6.45) is 0.0532. The van der Waals surface area contributed by atoms with Gasteiger partial charge in [-0.3, -0.25) is 9.69 Å². The maximum absolute atomic E-state index is 10.8. The highest BCUT2D eigenvalue weighted by molar-refractivity contribution is 7.99. The summed E-state index contributed by atoms with van der Waals surface area (Å²) in [6, 6.07) is -0.0852. The molecule has 3 N–H and O–H groups in total. The number of primary sulfonamides is 1. The predicted octanol–water partition coefficient (Wildman–Crippen LogP) is -0.833. The molecule has 0 aromatic carbocycles. The molecule has 1 heterocycles. The van der Waals surface area contributed by atoms with Crippen LogP contribution in [0, 0.1) is 0 Å². The van der Waals surface area contributed by atoms with Crippen LogP contribution in [0.25, 0.3) is 0 Å². The molecule has 1 saturated heterocycles. The van der Waals surface area contributed by atoms with E-state index in [2.05, 4.69) is 0 Å². The quantitative estimate of drug-likeness (QED) is 0.675. The van der Waals surface area contributed by atoms with Crippen molar-refractivity contribution in [2.24, 2.45) is 5.14 Å². The maximum Gasteiger partial charge on any atom is 0.304 e. The van der Waals surface area contributed by atoms with Crippen LogP contribution >= 0.6 is 11.8 Å². The number of hydrogen-bond donors (Lipinski definition) is 2. The Hall–Kier alpha value is -0.310. The molecule has 0 bridgehead atoms. The van der Waals surface area contributed by atoms with Gasteiger partial charge in [0.25, 0.3) is 0 Å². The zero-order chi connectivity index (χ0) is 12.2. The first-order valence-corrected chi connectivity index (χ1v) is 7.79. The van der Waals surface area contributed by atoms with E-state index in [9.17, 15) is 13.2 Å². The molecule has 8 heteroatoms. The van der Waals surface area contributed by atoms with Crippen molar-refractivity contribution in [3.63, 3.8) is 0 Å². The van der Waals surface area contributed by atoms with Gasteiger partial charge in [-0.25, -0.2) is 13.6 Å². The molecule has 1 atom stereocenters. The Morgan fingerprint density at radius 3 is 2.81 bits per heavy atom. The molecule has 1 rings (SSSR count). The number of aliphatic carboxylic acids is 1. The van der Waals surface area contributed by atoms with Crippen molar-refractivity contribution in [2.75, 3.05) is 30.3 Å². The molecule has 1 fully saturated rings. The van der Waals surface area contributed by atoms with Crippen molar-refractivity contribution in [2.45, 2.75) is 12.5 Å². The van der Waals surface area contributed by atoms with Crippen LogP contribution in [0.5, 0.6) is 0 Å². The fourth-order valence-electron chi connectivity index (χ4n) is 1.62. The Morgan fingerprint density at radius 2 is 2.25 bits per heavy atom. The number of hydrogen-bond acceptors (Lipinski definition) is 5. The van der Waals surface area contributed by atoms with Gasteiger partial charge in [-0.2, -0.15) is 11.8 Å². The Labute approximate surface area is 99.2 Å². The summed E-state index contributed by atoms with van der Waals surface area (Å²) in [5.41, 5.74) is 0. The Morgan fingerprint density at radius 1 is 1.56 bits per heavy atom. The van der Waals surface area contributed by atoms with E-state index in [-0.39, 0.29) is 18.2 Å². The summed E-state index contributed by atoms with van der Waals surface area (Å²) in [6.45, 7) is 1.04. The number of rotatable bonds is 5. The summed E-state index contributed by atoms with van der Waals surface area (Å²) < 4.78 is 21.7. The largest absolute Gasteiger partial charge is 0.481 e. The predicted molar refractivity (Wildman–Crippen MR) is 62.9 cm³/mol. The van der Waals surface area contributed by atoms with E-state index in [4.69, 9.17) is 10.2 Å². The monoisotopic (exact) mass is 268 g/mol. The molecule has 1 unspecified atom stereocenters. The van der Waals surface area contributed by atoms with Crippen molar-refractivity contribution in [1.29, 1.82) is 0 Å². The average Bonchev–Trinajstić information content (AvgIpc) is 2.14. The maximum atomic E-state index is 10.8. The van der Waals surface area contributed by atoms with Gasteiger partial charge in [0.1, 0.15) is 0 Å². The SMILES string of the molecule is NS(=O)(=O)CCN1CCSCC1CC(=O)O. The number of nitrogens with two attached hydrogens (primary N) is 1. The first-order valence-electron chi connectivity index (χ1n) is 4.92. The highest BCUT2D eigenvalue weighted by atomic mass is 32.2. The van der Waals surface area contributed by atoms with Gasteiger partial charge in [0.15, 0.2) is 0 Å². The molecular formula is C8H16N2O4S2. The molecule has 16 heavy (non-hydrogen) atoms. The minimum Gasteiger partial charge on any atom is -0.481 e. The Bertz CT molecular complexity index is 344. The van der Waals surface area contributed by atoms with E-state index in [0.717, 1.165) is 18.1 Å². The van der Waals surface area contributed by atoms with Gasteiger partial charge in [-0.05, 0) is 0 Å². The topological polar surface area (TPSA) is 101 Å². The van der Waals surface area contributed by atoms with Crippen LogP contribution in [0.1, 0.15) is 6.42 Å². The lowest BCUT2D eigenvalue weighted by molar-refractivity contribution is -0.138. The number of carboxylic acid groups (broad SMARTS) is 1. The third-order valence-corrected chi connectivity index (χ3v) is 4.27. The molecule has 0 spiro atoms. The van der Waals surface area contributed by atoms with E-state index in [1.807, 2.05) is 4.90 Å². The molecule has 6 nitrogen and oxygen atoms in total. The van der Waals surface area contributed by atoms with Crippen molar-refractivity contribution in [3.05, 3.63) is 0 Å². The third kappa shape index (κ3) is 5.15. The highest BCUT2D eigenvalue weighted by Crippen LogP contribution is 2.18. The van der Waals surface area contributed by atoms with Crippen LogP contribution < -0.4 is 5.14 Å². The van der Waals surface area contributed by atoms with Crippen molar-refractivity contribution < 1.29 is 18.3 Å². The molecule has 0 amide bonds. The van der Waals surface area contributed by atoms with Gasteiger partial charge in [-0.1, -0.05) is 0 Å². The minimum absolute atomic E-state index is 0.0532. The van der Waals surface area contributed by atoms with Gasteiger partial charge < -0.3 is 5.11 Å². The second-order valence-corrected chi connectivity index (χ2v) is 6.61. The summed E-state index contributed by atoms with van der Waals surface area (Å²) in [7, 11) is -3.47. The summed E-state index contributed by atoms with van der Waals surface area (Å²) in [5, 5.41) is 13.7. The van der Waals surface area contributed by atoms with E-state index in [0.29, 0.717) is 6.54 Å². The van der Waals surface area contributed by atoms with E-state index < -0.39 is 16.0 Å². The first-order chi connectivity index (χ1) is 7.38. The highest BCUT2D eigenvalue weighted by Gasteiger charge is 2.25. The number of sulfonamides is 1. The number of thioether (sulfide) groups is 1. The molecule has 0 radical (unpaired) electrons. The smallest absolute Gasteiger partial charge is 0.304 e. The summed E-state index contributed by atoms with van der Waals surface area (Å²) in [4.78, 5) is 12.5. The van der Waals surface area contributed by atoms with Gasteiger partial charge >= 0.3 is 5.97 Å². The molecule has 94 valence electrons. The van der Waals surface area contributed by atoms with Crippen LogP contribution in [-0.2, 0) is 14.8 Å². The van der Waals surface area contributed by atoms with Crippen LogP contribution in [0.15, 0.2) is 0 Å². The van der Waals surface area contributed by atoms with Crippen molar-refractivity contribution in [1.82, 2.24) is 4.90 Å². The normalized spacial score (nSPS) is 23.2. The number of carboxylic acids is 1. The zero-order valence-electron chi connectivity index (χ0n) is 8.83. The average molecular weight is 268 g/mol.